The van der Waals surface area contributed by atoms with E-state index < -0.39 is 0 Å². The highest BCUT2D eigenvalue weighted by molar-refractivity contribution is 5.00. The van der Waals surface area contributed by atoms with E-state index in [1.165, 1.54) is 38.8 Å². The lowest BCUT2D eigenvalue weighted by atomic mass is 9.60. The molecule has 3 heteroatoms. The van der Waals surface area contributed by atoms with Crippen LogP contribution in [-0.2, 0) is 0 Å². The molecule has 0 amide bonds. The summed E-state index contributed by atoms with van der Waals surface area (Å²) < 4.78 is 0. The quantitative estimate of drug-likeness (QED) is 0.806. The Bertz CT molecular complexity index is 234. The normalized spacial score (nSPS) is 25.8. The number of nitrogens with one attached hydrogen (secondary N) is 1. The Balaban J connectivity index is 1.70. The molecule has 1 N–H and O–H groups in total. The number of hydrogen-bond acceptors (Lipinski definition) is 3. The first-order valence-electron chi connectivity index (χ1n) is 7.12. The van der Waals surface area contributed by atoms with Gasteiger partial charge in [0.25, 0.3) is 0 Å². The third-order valence-electron chi connectivity index (χ3n) is 4.33. The van der Waals surface area contributed by atoms with Gasteiger partial charge in [-0.25, -0.2) is 0 Å². The Labute approximate surface area is 107 Å². The maximum Gasteiger partial charge on any atom is 0.0500 e. The standard InChI is InChI=1S/C14H29N3/c1-12(2)15-13-9-14(10-13)5-7-17(8-6-14)11-16(3)4/h12-13,15H,5-11H2,1-4H3. The number of rotatable bonds is 4. The van der Waals surface area contributed by atoms with Crippen LogP contribution in [0.3, 0.4) is 0 Å². The molecule has 2 rings (SSSR count). The highest BCUT2D eigenvalue weighted by atomic mass is 15.3. The minimum absolute atomic E-state index is 0.645. The molecule has 0 atom stereocenters. The molecule has 0 unspecified atom stereocenters. The second kappa shape index (κ2) is 5.25. The van der Waals surface area contributed by atoms with E-state index >= 15 is 0 Å². The lowest BCUT2D eigenvalue weighted by molar-refractivity contribution is -0.00711. The van der Waals surface area contributed by atoms with Crippen molar-refractivity contribution in [2.24, 2.45) is 5.41 Å². The Kier molecular flexibility index (Phi) is 4.11. The van der Waals surface area contributed by atoms with Crippen LogP contribution in [0.2, 0.25) is 0 Å². The molecule has 3 nitrogen and oxygen atoms in total. The number of likely N-dealkylation sites (tertiary alicyclic amines) is 1. The van der Waals surface area contributed by atoms with Crippen LogP contribution in [0.1, 0.15) is 39.5 Å². The summed E-state index contributed by atoms with van der Waals surface area (Å²) in [5, 5.41) is 3.67. The van der Waals surface area contributed by atoms with Crippen molar-refractivity contribution < 1.29 is 0 Å². The van der Waals surface area contributed by atoms with Gasteiger partial charge in [0.15, 0.2) is 0 Å². The van der Waals surface area contributed by atoms with E-state index in [1.807, 2.05) is 0 Å². The largest absolute Gasteiger partial charge is 0.312 e. The second-order valence-electron chi connectivity index (χ2n) is 6.77. The van der Waals surface area contributed by atoms with Crippen LogP contribution in [0.15, 0.2) is 0 Å². The molecule has 2 aliphatic rings. The Morgan fingerprint density at radius 2 is 1.82 bits per heavy atom. The molecular formula is C14H29N3. The molecule has 2 fully saturated rings. The molecule has 0 aromatic rings. The van der Waals surface area contributed by atoms with Crippen LogP contribution in [0, 0.1) is 5.41 Å². The van der Waals surface area contributed by atoms with Gasteiger partial charge in [0.05, 0.1) is 6.67 Å². The molecule has 1 heterocycles. The molecule has 0 radical (unpaired) electrons. The fourth-order valence-corrected chi connectivity index (χ4v) is 3.55. The topological polar surface area (TPSA) is 18.5 Å². The number of nitrogens with zero attached hydrogens (tertiary/aromatic N) is 2. The molecule has 1 aliphatic heterocycles. The van der Waals surface area contributed by atoms with Crippen molar-refractivity contribution in [3.8, 4) is 0 Å². The fraction of sp³-hybridized carbons (Fsp3) is 1.00. The molecular weight excluding hydrogens is 210 g/mol. The summed E-state index contributed by atoms with van der Waals surface area (Å²) in [4.78, 5) is 4.87. The average Bonchev–Trinajstić information content (AvgIpc) is 2.17. The molecule has 17 heavy (non-hydrogen) atoms. The third-order valence-corrected chi connectivity index (χ3v) is 4.33. The van der Waals surface area contributed by atoms with Crippen molar-refractivity contribution in [1.82, 2.24) is 15.1 Å². The molecule has 1 saturated heterocycles. The minimum Gasteiger partial charge on any atom is -0.312 e. The van der Waals surface area contributed by atoms with Gasteiger partial charge in [-0.15, -0.1) is 0 Å². The van der Waals surface area contributed by atoms with E-state index in [4.69, 9.17) is 0 Å². The maximum absolute atomic E-state index is 3.67. The zero-order valence-corrected chi connectivity index (χ0v) is 12.0. The van der Waals surface area contributed by atoms with Crippen molar-refractivity contribution in [3.63, 3.8) is 0 Å². The molecule has 0 aromatic carbocycles. The maximum atomic E-state index is 3.67. The lowest BCUT2D eigenvalue weighted by Gasteiger charge is -2.53. The summed E-state index contributed by atoms with van der Waals surface area (Å²) in [6.07, 6.45) is 5.66. The van der Waals surface area contributed by atoms with Crippen molar-refractivity contribution in [2.45, 2.75) is 51.6 Å². The smallest absolute Gasteiger partial charge is 0.0500 e. The average molecular weight is 239 g/mol. The molecule has 1 saturated carbocycles. The summed E-state index contributed by atoms with van der Waals surface area (Å²) in [6, 6.07) is 1.45. The van der Waals surface area contributed by atoms with Crippen molar-refractivity contribution in [3.05, 3.63) is 0 Å². The van der Waals surface area contributed by atoms with Crippen molar-refractivity contribution in [1.29, 1.82) is 0 Å². The first-order valence-corrected chi connectivity index (χ1v) is 7.12. The Hall–Kier alpha value is -0.120. The van der Waals surface area contributed by atoms with Gasteiger partial charge in [0.1, 0.15) is 0 Å². The van der Waals surface area contributed by atoms with Crippen LogP contribution in [-0.4, -0.2) is 55.7 Å². The Morgan fingerprint density at radius 1 is 1.24 bits per heavy atom. The van der Waals surface area contributed by atoms with Gasteiger partial charge in [-0.05, 0) is 58.3 Å². The number of hydrogen-bond donors (Lipinski definition) is 1. The van der Waals surface area contributed by atoms with E-state index in [9.17, 15) is 0 Å². The summed E-state index contributed by atoms with van der Waals surface area (Å²) in [7, 11) is 4.33. The van der Waals surface area contributed by atoms with E-state index in [0.29, 0.717) is 11.5 Å². The van der Waals surface area contributed by atoms with Gasteiger partial charge in [0.2, 0.25) is 0 Å². The van der Waals surface area contributed by atoms with E-state index in [0.717, 1.165) is 12.7 Å². The summed E-state index contributed by atoms with van der Waals surface area (Å²) >= 11 is 0. The summed E-state index contributed by atoms with van der Waals surface area (Å²) in [5.41, 5.74) is 0.704. The van der Waals surface area contributed by atoms with Gasteiger partial charge in [0, 0.05) is 12.1 Å². The van der Waals surface area contributed by atoms with Crippen molar-refractivity contribution in [2.75, 3.05) is 33.9 Å². The van der Waals surface area contributed by atoms with E-state index in [2.05, 4.69) is 43.1 Å². The molecule has 1 spiro atoms. The SMILES string of the molecule is CC(C)NC1CC2(CCN(CN(C)C)CC2)C1. The highest BCUT2D eigenvalue weighted by Gasteiger charge is 2.45. The van der Waals surface area contributed by atoms with Gasteiger partial charge < -0.3 is 5.32 Å². The predicted molar refractivity (Wildman–Crippen MR) is 73.1 cm³/mol. The third kappa shape index (κ3) is 3.43. The summed E-state index contributed by atoms with van der Waals surface area (Å²) in [6.45, 7) is 8.23. The number of piperidine rings is 1. The first-order chi connectivity index (χ1) is 7.99. The highest BCUT2D eigenvalue weighted by Crippen LogP contribution is 2.49. The summed E-state index contributed by atoms with van der Waals surface area (Å²) in [5.74, 6) is 0. The first kappa shape index (κ1) is 13.3. The molecule has 1 aliphatic carbocycles. The van der Waals surface area contributed by atoms with Gasteiger partial charge in [-0.3, -0.25) is 9.80 Å². The molecule has 100 valence electrons. The van der Waals surface area contributed by atoms with Crippen LogP contribution in [0.4, 0.5) is 0 Å². The van der Waals surface area contributed by atoms with Gasteiger partial charge >= 0.3 is 0 Å². The zero-order valence-electron chi connectivity index (χ0n) is 12.0. The van der Waals surface area contributed by atoms with E-state index in [-0.39, 0.29) is 0 Å². The van der Waals surface area contributed by atoms with Crippen molar-refractivity contribution >= 4 is 0 Å². The van der Waals surface area contributed by atoms with Crippen LogP contribution in [0.5, 0.6) is 0 Å². The van der Waals surface area contributed by atoms with E-state index in [1.54, 1.807) is 0 Å². The van der Waals surface area contributed by atoms with Crippen LogP contribution < -0.4 is 5.32 Å². The molecule has 0 aromatic heterocycles. The van der Waals surface area contributed by atoms with Crippen LogP contribution >= 0.6 is 0 Å². The minimum atomic E-state index is 0.645. The van der Waals surface area contributed by atoms with Crippen LogP contribution in [0.25, 0.3) is 0 Å². The lowest BCUT2D eigenvalue weighted by Crippen LogP contribution is -2.55. The van der Waals surface area contributed by atoms with Gasteiger partial charge in [-0.1, -0.05) is 13.8 Å². The van der Waals surface area contributed by atoms with Gasteiger partial charge in [-0.2, -0.15) is 0 Å². The fourth-order valence-electron chi connectivity index (χ4n) is 3.55. The Morgan fingerprint density at radius 3 is 2.29 bits per heavy atom. The molecule has 0 bridgehead atoms. The zero-order chi connectivity index (χ0) is 12.5. The monoisotopic (exact) mass is 239 g/mol. The predicted octanol–water partition coefficient (Wildman–Crippen LogP) is 1.75. The second-order valence-corrected chi connectivity index (χ2v) is 6.77.